The van der Waals surface area contributed by atoms with Gasteiger partial charge < -0.3 is 24.6 Å². The first kappa shape index (κ1) is 25.7. The number of nitrogens with one attached hydrogen (secondary N) is 1. The van der Waals surface area contributed by atoms with Gasteiger partial charge in [0.05, 0.1) is 12.6 Å². The molecule has 1 spiro atoms. The molecular weight excluding hydrogens is 512 g/mol. The van der Waals surface area contributed by atoms with Crippen LogP contribution in [-0.2, 0) is 23.3 Å². The Labute approximate surface area is 233 Å². The summed E-state index contributed by atoms with van der Waals surface area (Å²) in [6, 6.07) is 18.2. The van der Waals surface area contributed by atoms with Crippen molar-refractivity contribution in [2.75, 3.05) is 38.1 Å². The molecule has 0 bridgehead atoms. The number of anilines is 1. The van der Waals surface area contributed by atoms with Crippen LogP contribution in [0.15, 0.2) is 48.5 Å². The molecule has 3 aromatic rings. The molecule has 1 aromatic heterocycles. The standard InChI is InChI=1S/C30H33ClN6O2/c1-34-14-10-23(11-15-34)33-29(39)35-19-30(20-35)25-6-2-3-7-27(25)37(28(30)38)18-24-17-21-16-22(31)8-9-26(21)36(24)13-5-4-12-32/h2-3,6-9,16-17,23H,4-5,10-11,13-15,18-20H2,1H3,(H,33,39). The minimum absolute atomic E-state index is 0.0407. The molecule has 3 aliphatic rings. The Bertz CT molecular complexity index is 1460. The van der Waals surface area contributed by atoms with Crippen LogP contribution >= 0.6 is 11.6 Å². The largest absolute Gasteiger partial charge is 0.343 e. The number of hydrogen-bond acceptors (Lipinski definition) is 4. The number of halogens is 1. The van der Waals surface area contributed by atoms with E-state index in [1.807, 2.05) is 47.4 Å². The van der Waals surface area contributed by atoms with Gasteiger partial charge in [0.2, 0.25) is 5.91 Å². The number of nitriles is 1. The molecular formula is C30H33ClN6O2. The first-order valence-electron chi connectivity index (χ1n) is 13.7. The van der Waals surface area contributed by atoms with Crippen molar-refractivity contribution >= 4 is 40.1 Å². The van der Waals surface area contributed by atoms with Gasteiger partial charge in [0.15, 0.2) is 0 Å². The molecule has 0 radical (unpaired) electrons. The van der Waals surface area contributed by atoms with Crippen LogP contribution in [0.3, 0.4) is 0 Å². The van der Waals surface area contributed by atoms with Gasteiger partial charge in [-0.2, -0.15) is 5.26 Å². The Balaban J connectivity index is 1.24. The summed E-state index contributed by atoms with van der Waals surface area (Å²) in [4.78, 5) is 33.1. The van der Waals surface area contributed by atoms with E-state index in [9.17, 15) is 9.59 Å². The number of amides is 3. The van der Waals surface area contributed by atoms with Gasteiger partial charge in [0, 0.05) is 59.4 Å². The molecule has 0 atom stereocenters. The van der Waals surface area contributed by atoms with Crippen LogP contribution in [-0.4, -0.2) is 65.6 Å². The van der Waals surface area contributed by atoms with E-state index in [2.05, 4.69) is 34.0 Å². The van der Waals surface area contributed by atoms with Gasteiger partial charge in [-0.25, -0.2) is 4.79 Å². The summed E-state index contributed by atoms with van der Waals surface area (Å²) >= 11 is 6.28. The SMILES string of the molecule is CN1CCC(NC(=O)N2CC3(C2)C(=O)N(Cc2cc4cc(Cl)ccc4n2CCCC#N)c2ccccc23)CC1. The van der Waals surface area contributed by atoms with E-state index in [1.54, 1.807) is 4.90 Å². The number of aromatic nitrogens is 1. The lowest BCUT2D eigenvalue weighted by Gasteiger charge is -2.47. The number of fused-ring (bicyclic) bond motifs is 3. The van der Waals surface area contributed by atoms with Gasteiger partial charge in [-0.15, -0.1) is 0 Å². The molecule has 2 saturated heterocycles. The molecule has 9 heteroatoms. The fourth-order valence-electron chi connectivity index (χ4n) is 6.40. The predicted octanol–water partition coefficient (Wildman–Crippen LogP) is 4.50. The molecule has 3 aliphatic heterocycles. The van der Waals surface area contributed by atoms with E-state index in [-0.39, 0.29) is 18.0 Å². The molecule has 1 N–H and O–H groups in total. The number of carbonyl (C=O) groups excluding carboxylic acids is 2. The van der Waals surface area contributed by atoms with Crippen molar-refractivity contribution in [3.05, 3.63) is 64.8 Å². The second kappa shape index (κ2) is 10.2. The Morgan fingerprint density at radius 2 is 1.92 bits per heavy atom. The van der Waals surface area contributed by atoms with Gasteiger partial charge in [0.25, 0.3) is 0 Å². The Morgan fingerprint density at radius 1 is 1.15 bits per heavy atom. The van der Waals surface area contributed by atoms with Crippen LogP contribution in [0, 0.1) is 11.3 Å². The highest BCUT2D eigenvalue weighted by Gasteiger charge is 2.59. The second-order valence-electron chi connectivity index (χ2n) is 11.1. The van der Waals surface area contributed by atoms with E-state index in [4.69, 9.17) is 16.9 Å². The van der Waals surface area contributed by atoms with Crippen molar-refractivity contribution in [1.82, 2.24) is 19.7 Å². The minimum atomic E-state index is -0.707. The molecule has 8 nitrogen and oxygen atoms in total. The van der Waals surface area contributed by atoms with Crippen molar-refractivity contribution in [3.8, 4) is 6.07 Å². The Morgan fingerprint density at radius 3 is 2.69 bits per heavy atom. The van der Waals surface area contributed by atoms with Gasteiger partial charge in [-0.3, -0.25) is 4.79 Å². The number of nitrogens with zero attached hydrogens (tertiary/aromatic N) is 5. The second-order valence-corrected chi connectivity index (χ2v) is 11.6. The van der Waals surface area contributed by atoms with E-state index in [0.717, 1.165) is 60.2 Å². The topological polar surface area (TPSA) is 84.6 Å². The molecule has 0 unspecified atom stereocenters. The van der Waals surface area contributed by atoms with Crippen LogP contribution in [0.25, 0.3) is 10.9 Å². The van der Waals surface area contributed by atoms with E-state index in [0.29, 0.717) is 37.6 Å². The number of likely N-dealkylation sites (tertiary alicyclic amines) is 2. The van der Waals surface area contributed by atoms with Gasteiger partial charge in [-0.1, -0.05) is 29.8 Å². The number of rotatable bonds is 6. The summed E-state index contributed by atoms with van der Waals surface area (Å²) in [7, 11) is 2.10. The van der Waals surface area contributed by atoms with Gasteiger partial charge >= 0.3 is 6.03 Å². The maximum absolute atomic E-state index is 14.1. The zero-order chi connectivity index (χ0) is 27.1. The highest BCUT2D eigenvalue weighted by atomic mass is 35.5. The zero-order valence-electron chi connectivity index (χ0n) is 22.2. The highest BCUT2D eigenvalue weighted by molar-refractivity contribution is 6.31. The third kappa shape index (κ3) is 4.54. The Hall–Kier alpha value is -3.54. The third-order valence-corrected chi connectivity index (χ3v) is 8.79. The van der Waals surface area contributed by atoms with Gasteiger partial charge in [-0.05, 0) is 75.3 Å². The molecule has 6 rings (SSSR count). The van der Waals surface area contributed by atoms with E-state index >= 15 is 0 Å². The maximum Gasteiger partial charge on any atom is 0.317 e. The summed E-state index contributed by atoms with van der Waals surface area (Å²) in [5.41, 5.74) is 3.24. The quantitative estimate of drug-likeness (QED) is 0.463. The van der Waals surface area contributed by atoms with Crippen LogP contribution in [0.1, 0.15) is 36.9 Å². The van der Waals surface area contributed by atoms with Crippen molar-refractivity contribution in [1.29, 1.82) is 5.26 Å². The first-order valence-corrected chi connectivity index (χ1v) is 14.1. The average Bonchev–Trinajstić information content (AvgIpc) is 3.36. The van der Waals surface area contributed by atoms with Crippen molar-refractivity contribution < 1.29 is 9.59 Å². The summed E-state index contributed by atoms with van der Waals surface area (Å²) in [6.45, 7) is 3.84. The summed E-state index contributed by atoms with van der Waals surface area (Å²) in [5.74, 6) is 0.0407. The molecule has 0 aliphatic carbocycles. The number of unbranched alkanes of at least 4 members (excludes halogenated alkanes) is 1. The van der Waals surface area contributed by atoms with Crippen molar-refractivity contribution in [2.24, 2.45) is 0 Å². The number of piperidine rings is 1. The average molecular weight is 545 g/mol. The smallest absolute Gasteiger partial charge is 0.317 e. The van der Waals surface area contributed by atoms with Crippen LogP contribution in [0.4, 0.5) is 10.5 Å². The van der Waals surface area contributed by atoms with Crippen molar-refractivity contribution in [3.63, 3.8) is 0 Å². The van der Waals surface area contributed by atoms with Crippen LogP contribution in [0.5, 0.6) is 0 Å². The molecule has 202 valence electrons. The number of hydrogen-bond donors (Lipinski definition) is 1. The number of para-hydroxylation sites is 1. The monoisotopic (exact) mass is 544 g/mol. The van der Waals surface area contributed by atoms with Crippen LogP contribution < -0.4 is 10.2 Å². The minimum Gasteiger partial charge on any atom is -0.343 e. The Kier molecular flexibility index (Phi) is 6.74. The summed E-state index contributed by atoms with van der Waals surface area (Å²) in [5, 5.41) is 13.9. The molecule has 0 saturated carbocycles. The summed E-state index contributed by atoms with van der Waals surface area (Å²) in [6.07, 6.45) is 3.09. The lowest BCUT2D eigenvalue weighted by Crippen LogP contribution is -2.67. The molecule has 3 amide bonds. The number of aryl methyl sites for hydroxylation is 1. The third-order valence-electron chi connectivity index (χ3n) is 8.56. The number of benzene rings is 2. The molecule has 2 aromatic carbocycles. The van der Waals surface area contributed by atoms with Crippen molar-refractivity contribution in [2.45, 2.75) is 50.2 Å². The number of carbonyl (C=O) groups is 2. The normalized spacial score (nSPS) is 18.8. The fraction of sp³-hybridized carbons (Fsp3) is 0.433. The maximum atomic E-state index is 14.1. The van der Waals surface area contributed by atoms with E-state index < -0.39 is 5.41 Å². The highest BCUT2D eigenvalue weighted by Crippen LogP contribution is 2.48. The zero-order valence-corrected chi connectivity index (χ0v) is 23.0. The lowest BCUT2D eigenvalue weighted by molar-refractivity contribution is -0.127. The van der Waals surface area contributed by atoms with Gasteiger partial charge in [0.1, 0.15) is 5.41 Å². The predicted molar refractivity (Wildman–Crippen MR) is 152 cm³/mol. The molecule has 39 heavy (non-hydrogen) atoms. The van der Waals surface area contributed by atoms with E-state index in [1.165, 1.54) is 0 Å². The fourth-order valence-corrected chi connectivity index (χ4v) is 6.58. The lowest BCUT2D eigenvalue weighted by atomic mass is 9.75. The molecule has 4 heterocycles. The summed E-state index contributed by atoms with van der Waals surface area (Å²) < 4.78 is 2.20. The molecule has 2 fully saturated rings. The first-order chi connectivity index (χ1) is 18.9. The van der Waals surface area contributed by atoms with Crippen LogP contribution in [0.2, 0.25) is 5.02 Å². The number of urea groups is 1.